The maximum atomic E-state index is 12.8. The van der Waals surface area contributed by atoms with Crippen molar-refractivity contribution >= 4 is 16.8 Å². The minimum absolute atomic E-state index is 0.00524. The highest BCUT2D eigenvalue weighted by atomic mass is 16.2. The van der Waals surface area contributed by atoms with Crippen LogP contribution in [0, 0.1) is 0 Å². The van der Waals surface area contributed by atoms with E-state index in [-0.39, 0.29) is 11.8 Å². The number of aromatic nitrogens is 3. The van der Waals surface area contributed by atoms with E-state index in [0.717, 1.165) is 36.0 Å². The Morgan fingerprint density at radius 1 is 1.12 bits per heavy atom. The highest BCUT2D eigenvalue weighted by Crippen LogP contribution is 2.26. The average Bonchev–Trinajstić information content (AvgIpc) is 2.68. The molecule has 1 saturated heterocycles. The second kappa shape index (κ2) is 6.35. The van der Waals surface area contributed by atoms with Crippen molar-refractivity contribution < 1.29 is 4.79 Å². The molecule has 1 fully saturated rings. The molecule has 0 bridgehead atoms. The summed E-state index contributed by atoms with van der Waals surface area (Å²) in [5.74, 6) is 0.242. The summed E-state index contributed by atoms with van der Waals surface area (Å²) in [5.41, 5.74) is 2.32. The Labute approximate surface area is 140 Å². The Morgan fingerprint density at radius 2 is 2.04 bits per heavy atom. The van der Waals surface area contributed by atoms with E-state index in [1.54, 1.807) is 18.6 Å². The summed E-state index contributed by atoms with van der Waals surface area (Å²) in [6, 6.07) is 11.6. The number of nitrogens with zero attached hydrogens (tertiary/aromatic N) is 4. The zero-order chi connectivity index (χ0) is 16.4. The van der Waals surface area contributed by atoms with Crippen LogP contribution in [0.3, 0.4) is 0 Å². The standard InChI is InChI=1S/C19H18N4O/c24-19(17-8-7-14-4-1-2-6-16(14)22-17)23-11-3-5-15(13-23)18-12-20-9-10-21-18/h1-2,4,6-10,12,15H,3,5,11,13H2. The lowest BCUT2D eigenvalue weighted by Crippen LogP contribution is -2.39. The molecule has 1 aliphatic rings. The smallest absolute Gasteiger partial charge is 0.272 e. The molecule has 0 spiro atoms. The Balaban J connectivity index is 1.56. The molecule has 0 saturated carbocycles. The summed E-state index contributed by atoms with van der Waals surface area (Å²) >= 11 is 0. The summed E-state index contributed by atoms with van der Waals surface area (Å²) in [6.07, 6.45) is 7.19. The van der Waals surface area contributed by atoms with Crippen LogP contribution in [0.25, 0.3) is 10.9 Å². The maximum Gasteiger partial charge on any atom is 0.272 e. The Bertz CT molecular complexity index is 865. The zero-order valence-corrected chi connectivity index (χ0v) is 13.3. The lowest BCUT2D eigenvalue weighted by molar-refractivity contribution is 0.0700. The number of para-hydroxylation sites is 1. The summed E-state index contributed by atoms with van der Waals surface area (Å²) < 4.78 is 0. The number of likely N-dealkylation sites (tertiary alicyclic amines) is 1. The molecule has 24 heavy (non-hydrogen) atoms. The fraction of sp³-hybridized carbons (Fsp3) is 0.263. The van der Waals surface area contributed by atoms with E-state index in [1.807, 2.05) is 41.3 Å². The number of hydrogen-bond acceptors (Lipinski definition) is 4. The van der Waals surface area contributed by atoms with Crippen LogP contribution in [0.2, 0.25) is 0 Å². The van der Waals surface area contributed by atoms with Crippen molar-refractivity contribution in [1.82, 2.24) is 19.9 Å². The second-order valence-corrected chi connectivity index (χ2v) is 6.11. The summed E-state index contributed by atoms with van der Waals surface area (Å²) in [4.78, 5) is 27.8. The van der Waals surface area contributed by atoms with Crippen LogP contribution < -0.4 is 0 Å². The monoisotopic (exact) mass is 318 g/mol. The lowest BCUT2D eigenvalue weighted by Gasteiger charge is -2.32. The lowest BCUT2D eigenvalue weighted by atomic mass is 9.95. The van der Waals surface area contributed by atoms with Gasteiger partial charge in [0, 0.05) is 43.0 Å². The molecule has 1 amide bonds. The van der Waals surface area contributed by atoms with Crippen molar-refractivity contribution in [3.05, 3.63) is 66.4 Å². The number of fused-ring (bicyclic) bond motifs is 1. The number of amides is 1. The molecule has 2 aromatic heterocycles. The van der Waals surface area contributed by atoms with Crippen LogP contribution >= 0.6 is 0 Å². The molecule has 120 valence electrons. The molecule has 1 unspecified atom stereocenters. The van der Waals surface area contributed by atoms with Gasteiger partial charge in [0.25, 0.3) is 5.91 Å². The maximum absolute atomic E-state index is 12.8. The van der Waals surface area contributed by atoms with Crippen LogP contribution in [0.4, 0.5) is 0 Å². The van der Waals surface area contributed by atoms with Gasteiger partial charge in [-0.1, -0.05) is 24.3 Å². The topological polar surface area (TPSA) is 59.0 Å². The first-order chi connectivity index (χ1) is 11.8. The summed E-state index contributed by atoms with van der Waals surface area (Å²) in [7, 11) is 0. The number of carbonyl (C=O) groups is 1. The van der Waals surface area contributed by atoms with Crippen LogP contribution in [0.5, 0.6) is 0 Å². The predicted molar refractivity (Wildman–Crippen MR) is 91.7 cm³/mol. The van der Waals surface area contributed by atoms with E-state index in [1.165, 1.54) is 0 Å². The van der Waals surface area contributed by atoms with Crippen molar-refractivity contribution in [3.63, 3.8) is 0 Å². The molecule has 5 nitrogen and oxygen atoms in total. The third-order valence-electron chi connectivity index (χ3n) is 4.53. The van der Waals surface area contributed by atoms with Gasteiger partial charge in [-0.15, -0.1) is 0 Å². The first kappa shape index (κ1) is 14.8. The van der Waals surface area contributed by atoms with Gasteiger partial charge in [-0.3, -0.25) is 14.8 Å². The van der Waals surface area contributed by atoms with Crippen LogP contribution in [0.15, 0.2) is 55.0 Å². The minimum Gasteiger partial charge on any atom is -0.337 e. The molecule has 0 aliphatic carbocycles. The van der Waals surface area contributed by atoms with E-state index in [9.17, 15) is 4.79 Å². The molecule has 3 heterocycles. The Hall–Kier alpha value is -2.82. The van der Waals surface area contributed by atoms with E-state index >= 15 is 0 Å². The number of rotatable bonds is 2. The molecule has 4 rings (SSSR count). The van der Waals surface area contributed by atoms with E-state index in [2.05, 4.69) is 15.0 Å². The van der Waals surface area contributed by atoms with Gasteiger partial charge < -0.3 is 4.90 Å². The Morgan fingerprint density at radius 3 is 2.92 bits per heavy atom. The highest BCUT2D eigenvalue weighted by Gasteiger charge is 2.27. The van der Waals surface area contributed by atoms with Gasteiger partial charge in [-0.05, 0) is 25.0 Å². The van der Waals surface area contributed by atoms with Gasteiger partial charge in [0.15, 0.2) is 0 Å². The molecular formula is C19H18N4O. The van der Waals surface area contributed by atoms with Gasteiger partial charge in [0.1, 0.15) is 5.69 Å². The molecule has 1 aliphatic heterocycles. The van der Waals surface area contributed by atoms with Gasteiger partial charge in [-0.2, -0.15) is 0 Å². The molecular weight excluding hydrogens is 300 g/mol. The molecule has 5 heteroatoms. The van der Waals surface area contributed by atoms with Gasteiger partial charge in [-0.25, -0.2) is 4.98 Å². The van der Waals surface area contributed by atoms with E-state index in [4.69, 9.17) is 0 Å². The number of hydrogen-bond donors (Lipinski definition) is 0. The quantitative estimate of drug-likeness (QED) is 0.728. The van der Waals surface area contributed by atoms with Crippen LogP contribution in [-0.2, 0) is 0 Å². The van der Waals surface area contributed by atoms with E-state index in [0.29, 0.717) is 12.2 Å². The number of pyridine rings is 1. The third kappa shape index (κ3) is 2.85. The molecule has 0 radical (unpaired) electrons. The largest absolute Gasteiger partial charge is 0.337 e. The van der Waals surface area contributed by atoms with Crippen molar-refractivity contribution in [2.45, 2.75) is 18.8 Å². The molecule has 3 aromatic rings. The summed E-state index contributed by atoms with van der Waals surface area (Å²) in [6.45, 7) is 1.44. The van der Waals surface area contributed by atoms with Crippen molar-refractivity contribution in [2.24, 2.45) is 0 Å². The second-order valence-electron chi connectivity index (χ2n) is 6.11. The minimum atomic E-state index is -0.00524. The molecule has 1 aromatic carbocycles. The first-order valence-electron chi connectivity index (χ1n) is 8.22. The number of benzene rings is 1. The first-order valence-corrected chi connectivity index (χ1v) is 8.22. The molecule has 1 atom stereocenters. The van der Waals surface area contributed by atoms with Gasteiger partial charge >= 0.3 is 0 Å². The number of carbonyl (C=O) groups excluding carboxylic acids is 1. The third-order valence-corrected chi connectivity index (χ3v) is 4.53. The van der Waals surface area contributed by atoms with Gasteiger partial charge in [0.05, 0.1) is 11.2 Å². The summed E-state index contributed by atoms with van der Waals surface area (Å²) in [5, 5.41) is 1.05. The highest BCUT2D eigenvalue weighted by molar-refractivity contribution is 5.95. The van der Waals surface area contributed by atoms with Crippen molar-refractivity contribution in [3.8, 4) is 0 Å². The Kier molecular flexibility index (Phi) is 3.91. The molecule has 0 N–H and O–H groups in total. The fourth-order valence-corrected chi connectivity index (χ4v) is 3.27. The van der Waals surface area contributed by atoms with E-state index < -0.39 is 0 Å². The van der Waals surface area contributed by atoms with Crippen molar-refractivity contribution in [2.75, 3.05) is 13.1 Å². The fourth-order valence-electron chi connectivity index (χ4n) is 3.27. The average molecular weight is 318 g/mol. The SMILES string of the molecule is O=C(c1ccc2ccccc2n1)N1CCCC(c2cnccn2)C1. The van der Waals surface area contributed by atoms with Crippen LogP contribution in [-0.4, -0.2) is 38.8 Å². The van der Waals surface area contributed by atoms with Crippen molar-refractivity contribution in [1.29, 1.82) is 0 Å². The predicted octanol–water partition coefficient (Wildman–Crippen LogP) is 3.04. The number of piperidine rings is 1. The van der Waals surface area contributed by atoms with Crippen LogP contribution in [0.1, 0.15) is 34.9 Å². The normalized spacial score (nSPS) is 17.8. The zero-order valence-electron chi connectivity index (χ0n) is 13.3. The van der Waals surface area contributed by atoms with Gasteiger partial charge in [0.2, 0.25) is 0 Å².